The predicted octanol–water partition coefficient (Wildman–Crippen LogP) is 1.28. The van der Waals surface area contributed by atoms with Gasteiger partial charge in [-0.3, -0.25) is 0 Å². The van der Waals surface area contributed by atoms with Gasteiger partial charge < -0.3 is 0 Å². The van der Waals surface area contributed by atoms with Crippen molar-refractivity contribution in [1.29, 1.82) is 0 Å². The Morgan fingerprint density at radius 2 is 1.69 bits per heavy atom. The molecule has 0 N–H and O–H groups in total. The van der Waals surface area contributed by atoms with Gasteiger partial charge in [-0.2, -0.15) is 5.10 Å². The van der Waals surface area contributed by atoms with E-state index in [0.717, 1.165) is 11.1 Å². The molecule has 66 valence electrons. The molecule has 0 bridgehead atoms. The summed E-state index contributed by atoms with van der Waals surface area (Å²) in [6, 6.07) is 0. The van der Waals surface area contributed by atoms with E-state index in [1.165, 1.54) is 0 Å². The average molecular weight is 174 g/mol. The van der Waals surface area contributed by atoms with Crippen LogP contribution in [-0.2, 0) is 0 Å². The van der Waals surface area contributed by atoms with Gasteiger partial charge in [0, 0.05) is 18.6 Å². The Balaban J connectivity index is 2.41. The Labute approximate surface area is 76.3 Å². The summed E-state index contributed by atoms with van der Waals surface area (Å²) < 4.78 is 1.66. The van der Waals surface area contributed by atoms with Gasteiger partial charge in [0.1, 0.15) is 0 Å². The lowest BCUT2D eigenvalue weighted by molar-refractivity contribution is 0.805. The van der Waals surface area contributed by atoms with Crippen molar-refractivity contribution in [1.82, 2.24) is 19.7 Å². The van der Waals surface area contributed by atoms with Gasteiger partial charge in [-0.05, 0) is 25.0 Å². The molecular weight excluding hydrogens is 164 g/mol. The number of nitrogens with zero attached hydrogens (tertiary/aromatic N) is 4. The van der Waals surface area contributed by atoms with E-state index in [0.29, 0.717) is 5.95 Å². The van der Waals surface area contributed by atoms with Crippen molar-refractivity contribution in [2.45, 2.75) is 13.8 Å². The van der Waals surface area contributed by atoms with Crippen LogP contribution >= 0.6 is 0 Å². The third-order valence-corrected chi connectivity index (χ3v) is 1.68. The molecule has 0 unspecified atom stereocenters. The van der Waals surface area contributed by atoms with E-state index in [9.17, 15) is 0 Å². The Morgan fingerprint density at radius 1 is 1.00 bits per heavy atom. The number of aromatic nitrogens is 4. The number of rotatable bonds is 1. The first-order valence-electron chi connectivity index (χ1n) is 4.06. The lowest BCUT2D eigenvalue weighted by Gasteiger charge is -1.97. The summed E-state index contributed by atoms with van der Waals surface area (Å²) in [6.07, 6.45) is 7.23. The molecule has 0 aliphatic rings. The molecule has 13 heavy (non-hydrogen) atoms. The molecule has 0 spiro atoms. The molecule has 2 aromatic rings. The molecule has 0 saturated carbocycles. The highest BCUT2D eigenvalue weighted by molar-refractivity contribution is 5.14. The largest absolute Gasteiger partial charge is 0.250 e. The zero-order valence-electron chi connectivity index (χ0n) is 7.60. The first-order valence-corrected chi connectivity index (χ1v) is 4.06. The molecule has 0 radical (unpaired) electrons. The van der Waals surface area contributed by atoms with Crippen molar-refractivity contribution in [3.63, 3.8) is 0 Å². The molecule has 2 aromatic heterocycles. The second kappa shape index (κ2) is 2.97. The fourth-order valence-electron chi connectivity index (χ4n) is 1.03. The van der Waals surface area contributed by atoms with Crippen LogP contribution in [0.15, 0.2) is 24.8 Å². The third kappa shape index (κ3) is 1.56. The van der Waals surface area contributed by atoms with Crippen molar-refractivity contribution in [3.8, 4) is 5.95 Å². The zero-order valence-corrected chi connectivity index (χ0v) is 7.60. The Bertz CT molecular complexity index is 402. The number of aryl methyl sites for hydroxylation is 2. The molecule has 0 fully saturated rings. The van der Waals surface area contributed by atoms with E-state index >= 15 is 0 Å². The first-order chi connectivity index (χ1) is 6.25. The van der Waals surface area contributed by atoms with Gasteiger partial charge >= 0.3 is 0 Å². The Hall–Kier alpha value is -1.71. The summed E-state index contributed by atoms with van der Waals surface area (Å²) in [5.41, 5.74) is 2.15. The summed E-state index contributed by atoms with van der Waals surface area (Å²) in [6.45, 7) is 3.94. The molecule has 0 aliphatic carbocycles. The minimum atomic E-state index is 0.610. The van der Waals surface area contributed by atoms with Crippen LogP contribution in [-0.4, -0.2) is 19.7 Å². The third-order valence-electron chi connectivity index (χ3n) is 1.68. The summed E-state index contributed by atoms with van der Waals surface area (Å²) in [5.74, 6) is 0.610. The molecule has 0 saturated heterocycles. The van der Waals surface area contributed by atoms with Gasteiger partial charge in [0.05, 0.1) is 6.20 Å². The van der Waals surface area contributed by atoms with Gasteiger partial charge in [-0.15, -0.1) is 0 Å². The maximum atomic E-state index is 4.15. The van der Waals surface area contributed by atoms with Crippen LogP contribution < -0.4 is 0 Å². The highest BCUT2D eigenvalue weighted by Crippen LogP contribution is 2.01. The van der Waals surface area contributed by atoms with Crippen molar-refractivity contribution in [3.05, 3.63) is 35.9 Å². The molecular formula is C9H10N4. The van der Waals surface area contributed by atoms with Crippen LogP contribution in [0, 0.1) is 13.8 Å². The molecule has 0 amide bonds. The lowest BCUT2D eigenvalue weighted by Crippen LogP contribution is -2.00. The average Bonchev–Trinajstić information content (AvgIpc) is 2.53. The second-order valence-electron chi connectivity index (χ2n) is 3.02. The van der Waals surface area contributed by atoms with Gasteiger partial charge in [-0.25, -0.2) is 14.6 Å². The van der Waals surface area contributed by atoms with Gasteiger partial charge in [-0.1, -0.05) is 0 Å². The van der Waals surface area contributed by atoms with E-state index in [2.05, 4.69) is 15.1 Å². The summed E-state index contributed by atoms with van der Waals surface area (Å²) in [4.78, 5) is 8.30. The van der Waals surface area contributed by atoms with Gasteiger partial charge in [0.25, 0.3) is 0 Å². The molecule has 2 heterocycles. The summed E-state index contributed by atoms with van der Waals surface area (Å²) >= 11 is 0. The number of hydrogen-bond donors (Lipinski definition) is 0. The maximum Gasteiger partial charge on any atom is 0.250 e. The van der Waals surface area contributed by atoms with E-state index in [1.807, 2.05) is 20.0 Å². The fourth-order valence-corrected chi connectivity index (χ4v) is 1.03. The monoisotopic (exact) mass is 174 g/mol. The van der Waals surface area contributed by atoms with Crippen LogP contribution in [0.25, 0.3) is 5.95 Å². The van der Waals surface area contributed by atoms with Crippen molar-refractivity contribution >= 4 is 0 Å². The molecule has 0 atom stereocenters. The van der Waals surface area contributed by atoms with Crippen LogP contribution in [0.3, 0.4) is 0 Å². The molecule has 4 heteroatoms. The summed E-state index contributed by atoms with van der Waals surface area (Å²) in [5, 5.41) is 4.11. The van der Waals surface area contributed by atoms with Crippen LogP contribution in [0.5, 0.6) is 0 Å². The highest BCUT2D eigenvalue weighted by atomic mass is 15.3. The van der Waals surface area contributed by atoms with Crippen LogP contribution in [0.4, 0.5) is 0 Å². The predicted molar refractivity (Wildman–Crippen MR) is 48.6 cm³/mol. The quantitative estimate of drug-likeness (QED) is 0.654. The van der Waals surface area contributed by atoms with Crippen molar-refractivity contribution < 1.29 is 0 Å². The number of hydrogen-bond acceptors (Lipinski definition) is 3. The molecule has 2 rings (SSSR count). The normalized spacial score (nSPS) is 10.3. The maximum absolute atomic E-state index is 4.15. The molecule has 4 nitrogen and oxygen atoms in total. The molecule has 0 aliphatic heterocycles. The second-order valence-corrected chi connectivity index (χ2v) is 3.02. The zero-order chi connectivity index (χ0) is 9.26. The SMILES string of the molecule is Cc1cnc(-n2cc(C)cn2)nc1. The summed E-state index contributed by atoms with van der Waals surface area (Å²) in [7, 11) is 0. The van der Waals surface area contributed by atoms with Crippen molar-refractivity contribution in [2.75, 3.05) is 0 Å². The van der Waals surface area contributed by atoms with E-state index in [4.69, 9.17) is 0 Å². The van der Waals surface area contributed by atoms with E-state index in [1.54, 1.807) is 23.3 Å². The standard InChI is InChI=1S/C9H10N4/c1-7-3-10-9(11-4-7)13-6-8(2)5-12-13/h3-6H,1-2H3. The van der Waals surface area contributed by atoms with Gasteiger partial charge in [0.2, 0.25) is 5.95 Å². The topological polar surface area (TPSA) is 43.6 Å². The minimum Gasteiger partial charge on any atom is -0.219 e. The van der Waals surface area contributed by atoms with E-state index in [-0.39, 0.29) is 0 Å². The van der Waals surface area contributed by atoms with Crippen molar-refractivity contribution in [2.24, 2.45) is 0 Å². The lowest BCUT2D eigenvalue weighted by atomic mass is 10.4. The highest BCUT2D eigenvalue weighted by Gasteiger charge is 1.99. The van der Waals surface area contributed by atoms with Crippen LogP contribution in [0.2, 0.25) is 0 Å². The fraction of sp³-hybridized carbons (Fsp3) is 0.222. The smallest absolute Gasteiger partial charge is 0.219 e. The first kappa shape index (κ1) is 7.91. The van der Waals surface area contributed by atoms with Crippen LogP contribution in [0.1, 0.15) is 11.1 Å². The Morgan fingerprint density at radius 3 is 2.23 bits per heavy atom. The Kier molecular flexibility index (Phi) is 1.81. The van der Waals surface area contributed by atoms with Gasteiger partial charge in [0.15, 0.2) is 0 Å². The van der Waals surface area contributed by atoms with E-state index < -0.39 is 0 Å². The molecule has 0 aromatic carbocycles. The minimum absolute atomic E-state index is 0.610.